The molecule has 2 N–H and O–H groups in total. The van der Waals surface area contributed by atoms with Crippen LogP contribution >= 0.6 is 0 Å². The van der Waals surface area contributed by atoms with Crippen molar-refractivity contribution in [1.29, 1.82) is 0 Å². The summed E-state index contributed by atoms with van der Waals surface area (Å²) < 4.78 is 0. The van der Waals surface area contributed by atoms with Crippen LogP contribution in [0, 0.1) is 0 Å². The summed E-state index contributed by atoms with van der Waals surface area (Å²) in [4.78, 5) is 2.60. The van der Waals surface area contributed by atoms with Crippen LogP contribution in [0.3, 0.4) is 0 Å². The molecule has 3 rings (SSSR count). The number of hydrogen-bond acceptors (Lipinski definition) is 2. The van der Waals surface area contributed by atoms with Crippen LogP contribution in [0.2, 0.25) is 0 Å². The largest absolute Gasteiger partial charge is 0.325 e. The fourth-order valence-electron chi connectivity index (χ4n) is 3.20. The maximum absolute atomic E-state index is 6.32. The van der Waals surface area contributed by atoms with Gasteiger partial charge in [-0.3, -0.25) is 0 Å². The Bertz CT molecular complexity index is 382. The Balaban J connectivity index is 1.55. The minimum Gasteiger partial charge on any atom is -0.325 e. The summed E-state index contributed by atoms with van der Waals surface area (Å²) >= 11 is 0. The van der Waals surface area contributed by atoms with Gasteiger partial charge in [-0.15, -0.1) is 0 Å². The highest BCUT2D eigenvalue weighted by atomic mass is 15.1. The highest BCUT2D eigenvalue weighted by Gasteiger charge is 2.32. The summed E-state index contributed by atoms with van der Waals surface area (Å²) in [5.74, 6) is 0. The van der Waals surface area contributed by atoms with E-state index >= 15 is 0 Å². The quantitative estimate of drug-likeness (QED) is 0.884. The molecule has 0 aromatic heterocycles. The highest BCUT2D eigenvalue weighted by Crippen LogP contribution is 2.32. The fraction of sp³-hybridized carbons (Fsp3) is 0.625. The third-order valence-corrected chi connectivity index (χ3v) is 4.79. The minimum absolute atomic E-state index is 0.180. The van der Waals surface area contributed by atoms with Crippen LogP contribution in [0.1, 0.15) is 36.8 Å². The number of benzene rings is 1. The Labute approximate surface area is 110 Å². The third-order valence-electron chi connectivity index (χ3n) is 4.79. The van der Waals surface area contributed by atoms with Crippen LogP contribution in [-0.4, -0.2) is 30.1 Å². The van der Waals surface area contributed by atoms with E-state index in [4.69, 9.17) is 5.73 Å². The van der Waals surface area contributed by atoms with Crippen LogP contribution in [0.15, 0.2) is 24.3 Å². The zero-order valence-electron chi connectivity index (χ0n) is 11.2. The van der Waals surface area contributed by atoms with E-state index in [1.165, 1.54) is 58.2 Å². The van der Waals surface area contributed by atoms with Gasteiger partial charge in [0.15, 0.2) is 0 Å². The minimum atomic E-state index is 0.180. The van der Waals surface area contributed by atoms with Gasteiger partial charge in [0.1, 0.15) is 0 Å². The van der Waals surface area contributed by atoms with Gasteiger partial charge in [-0.1, -0.05) is 24.3 Å². The van der Waals surface area contributed by atoms with Crippen LogP contribution in [0.5, 0.6) is 0 Å². The van der Waals surface area contributed by atoms with Crippen molar-refractivity contribution in [3.8, 4) is 0 Å². The Morgan fingerprint density at radius 2 is 1.67 bits per heavy atom. The first-order valence-electron chi connectivity index (χ1n) is 7.33. The molecule has 2 aliphatic rings. The van der Waals surface area contributed by atoms with Gasteiger partial charge in [-0.25, -0.2) is 0 Å². The summed E-state index contributed by atoms with van der Waals surface area (Å²) in [5.41, 5.74) is 9.59. The predicted molar refractivity (Wildman–Crippen MR) is 75.7 cm³/mol. The van der Waals surface area contributed by atoms with Crippen LogP contribution in [0.4, 0.5) is 0 Å². The third kappa shape index (κ3) is 2.60. The number of hydrogen-bond donors (Lipinski definition) is 1. The predicted octanol–water partition coefficient (Wildman–Crippen LogP) is 2.36. The second-order valence-corrected chi connectivity index (χ2v) is 6.08. The molecule has 1 aromatic rings. The number of nitrogens with zero attached hydrogens (tertiary/aromatic N) is 1. The summed E-state index contributed by atoms with van der Waals surface area (Å²) in [6.45, 7) is 3.59. The van der Waals surface area contributed by atoms with E-state index in [1.54, 1.807) is 11.1 Å². The molecular weight excluding hydrogens is 220 g/mol. The number of rotatable bonds is 3. The zero-order valence-corrected chi connectivity index (χ0v) is 11.2. The second-order valence-electron chi connectivity index (χ2n) is 6.08. The van der Waals surface area contributed by atoms with Crippen molar-refractivity contribution in [3.05, 3.63) is 35.4 Å². The molecule has 2 heteroatoms. The fourth-order valence-corrected chi connectivity index (χ4v) is 3.20. The van der Waals surface area contributed by atoms with Crippen LogP contribution < -0.4 is 5.73 Å². The van der Waals surface area contributed by atoms with Gasteiger partial charge in [-0.2, -0.15) is 0 Å². The number of fused-ring (bicyclic) bond motifs is 1. The van der Waals surface area contributed by atoms with E-state index in [-0.39, 0.29) is 5.54 Å². The van der Waals surface area contributed by atoms with Gasteiger partial charge in [0.25, 0.3) is 0 Å². The molecule has 0 saturated heterocycles. The lowest BCUT2D eigenvalue weighted by atomic mass is 9.75. The first kappa shape index (κ1) is 12.2. The van der Waals surface area contributed by atoms with Crippen molar-refractivity contribution in [1.82, 2.24) is 4.90 Å². The molecule has 0 atom stereocenters. The molecule has 1 aromatic carbocycles. The molecule has 98 valence electrons. The first-order valence-corrected chi connectivity index (χ1v) is 7.33. The van der Waals surface area contributed by atoms with E-state index in [9.17, 15) is 0 Å². The Morgan fingerprint density at radius 1 is 1.06 bits per heavy atom. The monoisotopic (exact) mass is 244 g/mol. The molecule has 1 aliphatic heterocycles. The molecule has 1 fully saturated rings. The molecule has 0 bridgehead atoms. The van der Waals surface area contributed by atoms with E-state index < -0.39 is 0 Å². The molecule has 1 aliphatic carbocycles. The lowest BCUT2D eigenvalue weighted by Crippen LogP contribution is -2.48. The van der Waals surface area contributed by atoms with Crippen molar-refractivity contribution in [2.75, 3.05) is 19.6 Å². The average Bonchev–Trinajstić information content (AvgIpc) is 2.57. The van der Waals surface area contributed by atoms with Crippen LogP contribution in [-0.2, 0) is 12.8 Å². The van der Waals surface area contributed by atoms with Crippen molar-refractivity contribution in [3.63, 3.8) is 0 Å². The smallest absolute Gasteiger partial charge is 0.0166 e. The van der Waals surface area contributed by atoms with Gasteiger partial charge in [0.2, 0.25) is 0 Å². The second kappa shape index (κ2) is 5.02. The molecule has 0 radical (unpaired) electrons. The Hall–Kier alpha value is -0.860. The van der Waals surface area contributed by atoms with Gasteiger partial charge in [0, 0.05) is 18.6 Å². The molecule has 18 heavy (non-hydrogen) atoms. The Kier molecular flexibility index (Phi) is 3.40. The summed E-state index contributed by atoms with van der Waals surface area (Å²) in [6, 6.07) is 8.90. The molecule has 0 unspecified atom stereocenters. The molecule has 1 heterocycles. The SMILES string of the molecule is NC1(CCN2CCc3ccccc3CC2)CCC1. The topological polar surface area (TPSA) is 29.3 Å². The molecular formula is C16H24N2. The van der Waals surface area contributed by atoms with Crippen molar-refractivity contribution in [2.24, 2.45) is 5.73 Å². The van der Waals surface area contributed by atoms with Crippen molar-refractivity contribution < 1.29 is 0 Å². The molecule has 0 spiro atoms. The van der Waals surface area contributed by atoms with E-state index in [0.717, 1.165) is 0 Å². The average molecular weight is 244 g/mol. The highest BCUT2D eigenvalue weighted by molar-refractivity contribution is 5.28. The summed E-state index contributed by atoms with van der Waals surface area (Å²) in [5, 5.41) is 0. The normalized spacial score (nSPS) is 22.9. The molecule has 0 amide bonds. The lowest BCUT2D eigenvalue weighted by molar-refractivity contribution is 0.184. The first-order chi connectivity index (χ1) is 8.75. The van der Waals surface area contributed by atoms with Gasteiger partial charge >= 0.3 is 0 Å². The zero-order chi connectivity index (χ0) is 12.4. The summed E-state index contributed by atoms with van der Waals surface area (Å²) in [6.07, 6.45) is 7.40. The van der Waals surface area contributed by atoms with Gasteiger partial charge in [0.05, 0.1) is 0 Å². The van der Waals surface area contributed by atoms with Crippen molar-refractivity contribution in [2.45, 2.75) is 44.1 Å². The summed E-state index contributed by atoms with van der Waals surface area (Å²) in [7, 11) is 0. The maximum Gasteiger partial charge on any atom is 0.0166 e. The molecule has 1 saturated carbocycles. The van der Waals surface area contributed by atoms with Crippen LogP contribution in [0.25, 0.3) is 0 Å². The van der Waals surface area contributed by atoms with Gasteiger partial charge in [-0.05, 0) is 56.2 Å². The number of nitrogens with two attached hydrogens (primary N) is 1. The standard InChI is InChI=1S/C16H24N2/c17-16(8-3-9-16)10-13-18-11-6-14-4-1-2-5-15(14)7-12-18/h1-2,4-5H,3,6-13,17H2. The van der Waals surface area contributed by atoms with E-state index in [2.05, 4.69) is 29.2 Å². The van der Waals surface area contributed by atoms with E-state index in [0.29, 0.717) is 0 Å². The van der Waals surface area contributed by atoms with E-state index in [1.807, 2.05) is 0 Å². The Morgan fingerprint density at radius 3 is 2.17 bits per heavy atom. The maximum atomic E-state index is 6.32. The van der Waals surface area contributed by atoms with Gasteiger partial charge < -0.3 is 10.6 Å². The van der Waals surface area contributed by atoms with Crippen molar-refractivity contribution >= 4 is 0 Å². The molecule has 2 nitrogen and oxygen atoms in total. The lowest BCUT2D eigenvalue weighted by Gasteiger charge is -2.39.